The number of hydrogen-bond acceptors (Lipinski definition) is 7. The lowest BCUT2D eigenvalue weighted by Gasteiger charge is -2.36. The number of ether oxygens (including phenoxy) is 2. The number of rotatable bonds is 5. The zero-order valence-electron chi connectivity index (χ0n) is 19.6. The third-order valence-corrected chi connectivity index (χ3v) is 7.03. The lowest BCUT2D eigenvalue weighted by molar-refractivity contribution is -0.0900. The van der Waals surface area contributed by atoms with E-state index in [4.69, 9.17) is 9.47 Å². The molecule has 0 saturated heterocycles. The molecule has 9 nitrogen and oxygen atoms in total. The number of carbonyl (C=O) groups is 1. The lowest BCUT2D eigenvalue weighted by atomic mass is 9.84. The number of anilines is 1. The number of benzene rings is 1. The maximum absolute atomic E-state index is 13.2. The van der Waals surface area contributed by atoms with Crippen LogP contribution in [0.1, 0.15) is 62.4 Å². The molecular weight excluding hydrogens is 436 g/mol. The highest BCUT2D eigenvalue weighted by Gasteiger charge is 2.47. The van der Waals surface area contributed by atoms with E-state index in [9.17, 15) is 15.0 Å². The SMILES string of the molecule is CC(C)(O)C1(C)Cc2cc(NC(=O)c3cnn4cccnc34)c(OC3CCC(O)CC3)cc2O1. The highest BCUT2D eigenvalue weighted by Crippen LogP contribution is 2.45. The van der Waals surface area contributed by atoms with E-state index in [0.29, 0.717) is 47.7 Å². The van der Waals surface area contributed by atoms with Crippen molar-refractivity contribution in [2.24, 2.45) is 0 Å². The van der Waals surface area contributed by atoms with E-state index in [1.54, 1.807) is 42.9 Å². The van der Waals surface area contributed by atoms with Crippen LogP contribution in [0.25, 0.3) is 5.65 Å². The van der Waals surface area contributed by atoms with E-state index >= 15 is 0 Å². The second-order valence-electron chi connectivity index (χ2n) is 9.97. The van der Waals surface area contributed by atoms with Gasteiger partial charge in [-0.05, 0) is 58.6 Å². The molecule has 0 bridgehead atoms. The Balaban J connectivity index is 1.47. The van der Waals surface area contributed by atoms with Crippen LogP contribution in [-0.2, 0) is 6.42 Å². The van der Waals surface area contributed by atoms with Gasteiger partial charge in [-0.3, -0.25) is 4.79 Å². The molecule has 1 amide bonds. The zero-order valence-corrected chi connectivity index (χ0v) is 19.6. The first-order valence-corrected chi connectivity index (χ1v) is 11.7. The first kappa shape index (κ1) is 22.6. The summed E-state index contributed by atoms with van der Waals surface area (Å²) in [6, 6.07) is 5.40. The van der Waals surface area contributed by atoms with Crippen molar-refractivity contribution >= 4 is 17.2 Å². The van der Waals surface area contributed by atoms with E-state index in [1.807, 2.05) is 13.0 Å². The zero-order chi connectivity index (χ0) is 24.1. The smallest absolute Gasteiger partial charge is 0.261 e. The van der Waals surface area contributed by atoms with Crippen LogP contribution < -0.4 is 14.8 Å². The molecule has 34 heavy (non-hydrogen) atoms. The summed E-state index contributed by atoms with van der Waals surface area (Å²) in [6.45, 7) is 5.33. The minimum Gasteiger partial charge on any atom is -0.488 e. The van der Waals surface area contributed by atoms with Crippen molar-refractivity contribution in [1.29, 1.82) is 0 Å². The van der Waals surface area contributed by atoms with E-state index in [-0.39, 0.29) is 18.1 Å². The summed E-state index contributed by atoms with van der Waals surface area (Å²) < 4.78 is 14.1. The molecule has 1 fully saturated rings. The molecule has 1 aliphatic heterocycles. The van der Waals surface area contributed by atoms with Gasteiger partial charge in [-0.2, -0.15) is 5.10 Å². The first-order valence-electron chi connectivity index (χ1n) is 11.7. The van der Waals surface area contributed by atoms with Gasteiger partial charge in [0.1, 0.15) is 22.7 Å². The van der Waals surface area contributed by atoms with Crippen molar-refractivity contribution in [3.63, 3.8) is 0 Å². The molecule has 3 N–H and O–H groups in total. The molecule has 180 valence electrons. The second-order valence-corrected chi connectivity index (χ2v) is 9.97. The number of hydrogen-bond donors (Lipinski definition) is 3. The number of fused-ring (bicyclic) bond motifs is 2. The second kappa shape index (κ2) is 8.25. The molecule has 2 aromatic heterocycles. The maximum atomic E-state index is 13.2. The molecule has 1 saturated carbocycles. The molecule has 5 rings (SSSR count). The van der Waals surface area contributed by atoms with Gasteiger partial charge in [0.15, 0.2) is 5.65 Å². The van der Waals surface area contributed by atoms with Gasteiger partial charge in [-0.1, -0.05) is 0 Å². The van der Waals surface area contributed by atoms with Crippen LogP contribution in [-0.4, -0.2) is 54.1 Å². The standard InChI is InChI=1S/C25H30N4O5/c1-24(2,32)25(3)13-15-11-19(28-23(31)18-14-27-29-10-4-9-26-22(18)29)21(12-20(15)34-25)33-17-7-5-16(30)6-8-17/h4,9-12,14,16-17,30,32H,5-8,13H2,1-3H3,(H,28,31). The van der Waals surface area contributed by atoms with Gasteiger partial charge >= 0.3 is 0 Å². The number of aliphatic hydroxyl groups excluding tert-OH is 1. The van der Waals surface area contributed by atoms with E-state index < -0.39 is 11.2 Å². The van der Waals surface area contributed by atoms with Crippen molar-refractivity contribution < 1.29 is 24.5 Å². The largest absolute Gasteiger partial charge is 0.488 e. The maximum Gasteiger partial charge on any atom is 0.261 e. The Hall–Kier alpha value is -3.17. The highest BCUT2D eigenvalue weighted by atomic mass is 16.5. The van der Waals surface area contributed by atoms with Crippen molar-refractivity contribution in [2.45, 2.75) is 76.3 Å². The van der Waals surface area contributed by atoms with Gasteiger partial charge < -0.3 is 25.0 Å². The van der Waals surface area contributed by atoms with Crippen molar-refractivity contribution in [3.8, 4) is 11.5 Å². The number of nitrogens with zero attached hydrogens (tertiary/aromatic N) is 3. The molecule has 3 heterocycles. The normalized spacial score (nSPS) is 24.5. The highest BCUT2D eigenvalue weighted by molar-refractivity contribution is 6.08. The van der Waals surface area contributed by atoms with E-state index in [1.165, 1.54) is 6.20 Å². The van der Waals surface area contributed by atoms with Crippen LogP contribution >= 0.6 is 0 Å². The summed E-state index contributed by atoms with van der Waals surface area (Å²) in [5.41, 5.74) is 0.335. The fourth-order valence-corrected chi connectivity index (χ4v) is 4.54. The van der Waals surface area contributed by atoms with Crippen LogP contribution in [0.4, 0.5) is 5.69 Å². The molecule has 3 aromatic rings. The van der Waals surface area contributed by atoms with Gasteiger partial charge in [0.25, 0.3) is 5.91 Å². The molecule has 2 aliphatic rings. The van der Waals surface area contributed by atoms with E-state index in [2.05, 4.69) is 15.4 Å². The predicted octanol–water partition coefficient (Wildman–Crippen LogP) is 3.13. The Kier molecular flexibility index (Phi) is 5.49. The van der Waals surface area contributed by atoms with Crippen LogP contribution in [0.3, 0.4) is 0 Å². The third-order valence-electron chi connectivity index (χ3n) is 7.03. The number of nitrogens with one attached hydrogen (secondary N) is 1. The van der Waals surface area contributed by atoms with Gasteiger partial charge in [0.2, 0.25) is 0 Å². The lowest BCUT2D eigenvalue weighted by Crippen LogP contribution is -2.51. The van der Waals surface area contributed by atoms with Crippen LogP contribution in [0.5, 0.6) is 11.5 Å². The minimum atomic E-state index is -1.07. The summed E-state index contributed by atoms with van der Waals surface area (Å²) in [5.74, 6) is 0.783. The van der Waals surface area contributed by atoms with E-state index in [0.717, 1.165) is 18.4 Å². The molecule has 1 unspecified atom stereocenters. The van der Waals surface area contributed by atoms with Gasteiger partial charge in [0, 0.05) is 30.4 Å². The Bertz CT molecular complexity index is 1230. The first-order chi connectivity index (χ1) is 16.1. The van der Waals surface area contributed by atoms with Gasteiger partial charge in [-0.25, -0.2) is 9.50 Å². The summed E-state index contributed by atoms with van der Waals surface area (Å²) in [7, 11) is 0. The molecule has 0 radical (unpaired) electrons. The topological polar surface area (TPSA) is 118 Å². The monoisotopic (exact) mass is 466 g/mol. The van der Waals surface area contributed by atoms with Gasteiger partial charge in [0.05, 0.1) is 29.7 Å². The van der Waals surface area contributed by atoms with Crippen molar-refractivity contribution in [2.75, 3.05) is 5.32 Å². The Morgan fingerprint density at radius 2 is 2.06 bits per heavy atom. The fourth-order valence-electron chi connectivity index (χ4n) is 4.54. The van der Waals surface area contributed by atoms with Crippen molar-refractivity contribution in [1.82, 2.24) is 14.6 Å². The molecular formula is C25H30N4O5. The Morgan fingerprint density at radius 3 is 2.79 bits per heavy atom. The summed E-state index contributed by atoms with van der Waals surface area (Å²) >= 11 is 0. The third kappa shape index (κ3) is 4.10. The number of aliphatic hydroxyl groups is 2. The molecule has 1 aliphatic carbocycles. The molecule has 0 spiro atoms. The molecule has 1 atom stereocenters. The Morgan fingerprint density at radius 1 is 1.29 bits per heavy atom. The summed E-state index contributed by atoms with van der Waals surface area (Å²) in [5, 5.41) is 27.7. The van der Waals surface area contributed by atoms with Crippen LogP contribution in [0, 0.1) is 0 Å². The molecule has 1 aromatic carbocycles. The summed E-state index contributed by atoms with van der Waals surface area (Å²) in [4.78, 5) is 17.5. The number of aromatic nitrogens is 3. The predicted molar refractivity (Wildman–Crippen MR) is 125 cm³/mol. The Labute approximate surface area is 197 Å². The molecule has 9 heteroatoms. The number of amides is 1. The van der Waals surface area contributed by atoms with Gasteiger partial charge in [-0.15, -0.1) is 0 Å². The minimum absolute atomic E-state index is 0.0715. The average Bonchev–Trinajstić information content (AvgIpc) is 3.36. The summed E-state index contributed by atoms with van der Waals surface area (Å²) in [6.07, 6.45) is 7.77. The van der Waals surface area contributed by atoms with Crippen molar-refractivity contribution in [3.05, 3.63) is 47.9 Å². The quantitative estimate of drug-likeness (QED) is 0.529. The average molecular weight is 467 g/mol. The van der Waals surface area contributed by atoms with Crippen LogP contribution in [0.2, 0.25) is 0 Å². The fraction of sp³-hybridized carbons (Fsp3) is 0.480. The number of carbonyl (C=O) groups excluding carboxylic acids is 1. The van der Waals surface area contributed by atoms with Crippen LogP contribution in [0.15, 0.2) is 36.8 Å².